The lowest BCUT2D eigenvalue weighted by atomic mass is 9.96. The number of benzene rings is 1. The number of hydrogen-bond acceptors (Lipinski definition) is 4. The topological polar surface area (TPSA) is 99.7 Å². The van der Waals surface area contributed by atoms with Gasteiger partial charge in [-0.3, -0.25) is 9.59 Å². The average Bonchev–Trinajstić information content (AvgIpc) is 2.60. The van der Waals surface area contributed by atoms with E-state index < -0.39 is 29.1 Å². The van der Waals surface area contributed by atoms with Crippen molar-refractivity contribution < 1.29 is 28.2 Å². The Hall–Kier alpha value is -3.23. The summed E-state index contributed by atoms with van der Waals surface area (Å²) in [5.74, 6) is -4.27. The number of carbonyl (C=O) groups excluding carboxylic acids is 1. The van der Waals surface area contributed by atoms with Crippen LogP contribution in [-0.2, 0) is 13.0 Å². The molecule has 0 saturated carbocycles. The zero-order valence-corrected chi connectivity index (χ0v) is 13.6. The number of methoxy groups -OCH3 is 1. The summed E-state index contributed by atoms with van der Waals surface area (Å²) in [6.07, 6.45) is 0.166. The highest BCUT2D eigenvalue weighted by Crippen LogP contribution is 2.28. The smallest absolute Gasteiger partial charge is 0.352 e. The Labute approximate surface area is 145 Å². The van der Waals surface area contributed by atoms with Crippen molar-refractivity contribution in [3.05, 3.63) is 62.6 Å². The van der Waals surface area contributed by atoms with Crippen molar-refractivity contribution in [2.24, 2.45) is 0 Å². The lowest BCUT2D eigenvalue weighted by Gasteiger charge is -2.30. The number of nitrogens with zero attached hydrogens (tertiary/aromatic N) is 1. The second kappa shape index (κ2) is 6.58. The number of halogens is 2. The summed E-state index contributed by atoms with van der Waals surface area (Å²) in [6.45, 7) is 0.133. The molecule has 1 aromatic heterocycles. The second-order valence-corrected chi connectivity index (χ2v) is 5.75. The van der Waals surface area contributed by atoms with Crippen LogP contribution in [0.4, 0.5) is 8.78 Å². The molecule has 26 heavy (non-hydrogen) atoms. The van der Waals surface area contributed by atoms with Gasteiger partial charge in [0.25, 0.3) is 11.5 Å². The highest BCUT2D eigenvalue weighted by atomic mass is 19.2. The zero-order chi connectivity index (χ0) is 19.0. The number of nitrogens with one attached hydrogen (secondary N) is 1. The van der Waals surface area contributed by atoms with Crippen LogP contribution in [0.1, 0.15) is 32.0 Å². The van der Waals surface area contributed by atoms with Crippen molar-refractivity contribution in [2.75, 3.05) is 13.7 Å². The van der Waals surface area contributed by atoms with Crippen molar-refractivity contribution >= 4 is 11.9 Å². The van der Waals surface area contributed by atoms with Crippen molar-refractivity contribution in [3.8, 4) is 5.75 Å². The summed E-state index contributed by atoms with van der Waals surface area (Å²) in [5.41, 5.74) is -0.760. The molecule has 0 saturated heterocycles. The first-order chi connectivity index (χ1) is 12.3. The van der Waals surface area contributed by atoms with Gasteiger partial charge in [-0.25, -0.2) is 13.6 Å². The molecule has 0 radical (unpaired) electrons. The van der Waals surface area contributed by atoms with Crippen LogP contribution in [-0.4, -0.2) is 40.5 Å². The molecule has 2 N–H and O–H groups in total. The molecule has 136 valence electrons. The van der Waals surface area contributed by atoms with Gasteiger partial charge in [0.05, 0.1) is 12.7 Å². The number of aromatic amines is 1. The van der Waals surface area contributed by atoms with Crippen LogP contribution in [0.25, 0.3) is 0 Å². The van der Waals surface area contributed by atoms with E-state index in [1.165, 1.54) is 18.1 Å². The van der Waals surface area contributed by atoms with Crippen molar-refractivity contribution in [1.82, 2.24) is 9.88 Å². The van der Waals surface area contributed by atoms with Crippen LogP contribution in [0.5, 0.6) is 5.75 Å². The SMILES string of the molecule is COc1c2c(c(C(=O)O)[nH]c1=O)CCN(Cc1ccc(F)c(F)c1)C2=O. The van der Waals surface area contributed by atoms with Crippen molar-refractivity contribution in [2.45, 2.75) is 13.0 Å². The summed E-state index contributed by atoms with van der Waals surface area (Å²) in [6, 6.07) is 3.29. The third kappa shape index (κ3) is 2.92. The van der Waals surface area contributed by atoms with E-state index in [-0.39, 0.29) is 42.1 Å². The number of carboxylic acid groups (broad SMARTS) is 1. The minimum absolute atomic E-state index is 0.0200. The normalized spacial score (nSPS) is 13.5. The van der Waals surface area contributed by atoms with E-state index >= 15 is 0 Å². The number of fused-ring (bicyclic) bond motifs is 1. The van der Waals surface area contributed by atoms with Gasteiger partial charge >= 0.3 is 5.97 Å². The zero-order valence-electron chi connectivity index (χ0n) is 13.6. The maximum Gasteiger partial charge on any atom is 0.352 e. The lowest BCUT2D eigenvalue weighted by molar-refractivity contribution is 0.0684. The summed E-state index contributed by atoms with van der Waals surface area (Å²) in [7, 11) is 1.20. The average molecular weight is 364 g/mol. The standard InChI is InChI=1S/C17H14F2N2O5/c1-26-14-12-9(13(17(24)25)20-15(14)22)4-5-21(16(12)23)7-8-2-3-10(18)11(19)6-8/h2-3,6H,4-5,7H2,1H3,(H,20,22)(H,24,25). The van der Waals surface area contributed by atoms with Gasteiger partial charge in [0, 0.05) is 18.7 Å². The molecular formula is C17H14F2N2O5. The van der Waals surface area contributed by atoms with Crippen LogP contribution < -0.4 is 10.3 Å². The van der Waals surface area contributed by atoms with Gasteiger partial charge < -0.3 is 19.7 Å². The molecule has 1 aromatic carbocycles. The monoisotopic (exact) mass is 364 g/mol. The minimum Gasteiger partial charge on any atom is -0.491 e. The third-order valence-corrected chi connectivity index (χ3v) is 4.18. The molecular weight excluding hydrogens is 350 g/mol. The Morgan fingerprint density at radius 2 is 2.04 bits per heavy atom. The van der Waals surface area contributed by atoms with Gasteiger partial charge in [-0.05, 0) is 24.1 Å². The number of amides is 1. The number of pyridine rings is 1. The van der Waals surface area contributed by atoms with E-state index in [4.69, 9.17) is 4.74 Å². The van der Waals surface area contributed by atoms with E-state index in [9.17, 15) is 28.3 Å². The van der Waals surface area contributed by atoms with E-state index in [0.717, 1.165) is 12.1 Å². The lowest BCUT2D eigenvalue weighted by Crippen LogP contribution is -2.40. The predicted octanol–water partition coefficient (Wildman–Crippen LogP) is 1.56. The summed E-state index contributed by atoms with van der Waals surface area (Å²) in [4.78, 5) is 39.7. The van der Waals surface area contributed by atoms with E-state index in [2.05, 4.69) is 4.98 Å². The minimum atomic E-state index is -1.36. The first-order valence-electron chi connectivity index (χ1n) is 7.63. The number of rotatable bonds is 4. The van der Waals surface area contributed by atoms with Gasteiger partial charge in [-0.2, -0.15) is 0 Å². The second-order valence-electron chi connectivity index (χ2n) is 5.75. The summed E-state index contributed by atoms with van der Waals surface area (Å²) >= 11 is 0. The Balaban J connectivity index is 2.02. The Morgan fingerprint density at radius 1 is 1.31 bits per heavy atom. The molecule has 1 amide bonds. The molecule has 0 atom stereocenters. The fourth-order valence-corrected chi connectivity index (χ4v) is 2.99. The maximum absolute atomic E-state index is 13.4. The Kier molecular flexibility index (Phi) is 4.45. The molecule has 2 aromatic rings. The third-order valence-electron chi connectivity index (χ3n) is 4.18. The van der Waals surface area contributed by atoms with Gasteiger partial charge in [0.15, 0.2) is 17.4 Å². The molecule has 9 heteroatoms. The molecule has 2 heterocycles. The quantitative estimate of drug-likeness (QED) is 0.858. The number of H-pyrrole nitrogens is 1. The fraction of sp³-hybridized carbons (Fsp3) is 0.235. The van der Waals surface area contributed by atoms with Crippen LogP contribution in [0.3, 0.4) is 0 Å². The van der Waals surface area contributed by atoms with E-state index in [1.54, 1.807) is 0 Å². The first kappa shape index (κ1) is 17.6. The van der Waals surface area contributed by atoms with Gasteiger partial charge in [0.1, 0.15) is 5.69 Å². The first-order valence-corrected chi connectivity index (χ1v) is 7.63. The molecule has 3 rings (SSSR count). The summed E-state index contributed by atoms with van der Waals surface area (Å²) in [5, 5.41) is 9.26. The number of ether oxygens (including phenoxy) is 1. The molecule has 0 aliphatic carbocycles. The van der Waals surface area contributed by atoms with Crippen molar-refractivity contribution in [1.29, 1.82) is 0 Å². The molecule has 0 fully saturated rings. The number of carboxylic acids is 1. The number of carbonyl (C=O) groups is 2. The Morgan fingerprint density at radius 3 is 2.65 bits per heavy atom. The largest absolute Gasteiger partial charge is 0.491 e. The predicted molar refractivity (Wildman–Crippen MR) is 85.4 cm³/mol. The number of aromatic nitrogens is 1. The van der Waals surface area contributed by atoms with Crippen molar-refractivity contribution in [3.63, 3.8) is 0 Å². The molecule has 1 aliphatic rings. The van der Waals surface area contributed by atoms with E-state index in [0.29, 0.717) is 5.56 Å². The highest BCUT2D eigenvalue weighted by Gasteiger charge is 2.33. The van der Waals surface area contributed by atoms with E-state index in [1.807, 2.05) is 0 Å². The van der Waals surface area contributed by atoms with Crippen LogP contribution >= 0.6 is 0 Å². The fourth-order valence-electron chi connectivity index (χ4n) is 2.99. The van der Waals surface area contributed by atoms with Gasteiger partial charge in [0.2, 0.25) is 0 Å². The number of aromatic carboxylic acids is 1. The molecule has 0 bridgehead atoms. The summed E-state index contributed by atoms with van der Waals surface area (Å²) < 4.78 is 31.4. The molecule has 1 aliphatic heterocycles. The van der Waals surface area contributed by atoms with Crippen LogP contribution in [0.15, 0.2) is 23.0 Å². The maximum atomic E-state index is 13.4. The number of hydrogen-bond donors (Lipinski definition) is 2. The van der Waals surface area contributed by atoms with Gasteiger partial charge in [-0.1, -0.05) is 6.07 Å². The molecule has 0 unspecified atom stereocenters. The highest BCUT2D eigenvalue weighted by molar-refractivity contribution is 6.02. The van der Waals surface area contributed by atoms with Crippen LogP contribution in [0.2, 0.25) is 0 Å². The van der Waals surface area contributed by atoms with Gasteiger partial charge in [-0.15, -0.1) is 0 Å². The molecule has 7 nitrogen and oxygen atoms in total. The van der Waals surface area contributed by atoms with Crippen LogP contribution in [0, 0.1) is 11.6 Å². The molecule has 0 spiro atoms. The Bertz CT molecular complexity index is 970.